The molecule has 0 unspecified atom stereocenters. The van der Waals surface area contributed by atoms with Crippen LogP contribution in [0.15, 0.2) is 10.3 Å². The van der Waals surface area contributed by atoms with E-state index in [0.29, 0.717) is 11.3 Å². The van der Waals surface area contributed by atoms with Gasteiger partial charge in [0.05, 0.1) is 11.5 Å². The van der Waals surface area contributed by atoms with Gasteiger partial charge in [-0.15, -0.1) is 0 Å². The van der Waals surface area contributed by atoms with Crippen LogP contribution in [0, 0.1) is 10.1 Å². The first-order chi connectivity index (χ1) is 9.77. The number of sulfonamides is 1. The Labute approximate surface area is 124 Å². The van der Waals surface area contributed by atoms with Gasteiger partial charge < -0.3 is 10.3 Å². The van der Waals surface area contributed by atoms with Gasteiger partial charge in [-0.2, -0.15) is 4.31 Å². The minimum atomic E-state index is -3.96. The van der Waals surface area contributed by atoms with Crippen LogP contribution in [-0.2, 0) is 14.8 Å². The van der Waals surface area contributed by atoms with E-state index in [4.69, 9.17) is 5.84 Å². The Hall–Kier alpha value is -1.76. The van der Waals surface area contributed by atoms with Crippen LogP contribution in [-0.4, -0.2) is 55.1 Å². The highest BCUT2D eigenvalue weighted by molar-refractivity contribution is 7.91. The number of piperazine rings is 1. The number of amides is 1. The molecule has 1 amide bonds. The van der Waals surface area contributed by atoms with Crippen molar-refractivity contribution in [2.24, 2.45) is 5.84 Å². The summed E-state index contributed by atoms with van der Waals surface area (Å²) in [4.78, 5) is 23.1. The number of hydrogen-bond donors (Lipinski definition) is 2. The zero-order valence-electron chi connectivity index (χ0n) is 11.0. The molecule has 1 aliphatic rings. The van der Waals surface area contributed by atoms with Crippen molar-refractivity contribution in [3.05, 3.63) is 16.2 Å². The lowest BCUT2D eigenvalue weighted by molar-refractivity contribution is -0.383. The summed E-state index contributed by atoms with van der Waals surface area (Å²) < 4.78 is 25.6. The number of carbonyl (C=O) groups excluding carboxylic acids is 1. The highest BCUT2D eigenvalue weighted by Gasteiger charge is 2.34. The summed E-state index contributed by atoms with van der Waals surface area (Å²) >= 11 is 0.658. The second-order valence-electron chi connectivity index (χ2n) is 4.34. The molecule has 0 bridgehead atoms. The van der Waals surface area contributed by atoms with E-state index in [1.54, 1.807) is 7.05 Å². The monoisotopic (exact) mass is 335 g/mol. The molecule has 1 aliphatic heterocycles. The normalized spacial score (nSPS) is 17.0. The number of likely N-dealkylation sites (N-methyl/N-ethyl adjacent to an activating group) is 1. The average molecular weight is 335 g/mol. The van der Waals surface area contributed by atoms with Gasteiger partial charge in [0.25, 0.3) is 10.0 Å². The number of nitrogen functional groups attached to an aromatic ring is 1. The number of anilines is 1. The van der Waals surface area contributed by atoms with Crippen LogP contribution in [0.3, 0.4) is 0 Å². The van der Waals surface area contributed by atoms with E-state index >= 15 is 0 Å². The predicted octanol–water partition coefficient (Wildman–Crippen LogP) is -0.595. The van der Waals surface area contributed by atoms with Gasteiger partial charge >= 0.3 is 5.69 Å². The van der Waals surface area contributed by atoms with Gasteiger partial charge in [-0.3, -0.25) is 14.9 Å². The predicted molar refractivity (Wildman–Crippen MR) is 75.2 cm³/mol. The second kappa shape index (κ2) is 5.55. The van der Waals surface area contributed by atoms with E-state index < -0.39 is 20.6 Å². The zero-order chi connectivity index (χ0) is 15.8. The second-order valence-corrected chi connectivity index (χ2v) is 7.55. The molecule has 0 radical (unpaired) electrons. The Morgan fingerprint density at radius 1 is 1.48 bits per heavy atom. The summed E-state index contributed by atoms with van der Waals surface area (Å²) in [5.74, 6) is 4.82. The molecule has 3 N–H and O–H groups in total. The number of thiophene rings is 1. The Bertz CT molecular complexity index is 685. The lowest BCUT2D eigenvalue weighted by Crippen LogP contribution is -2.50. The van der Waals surface area contributed by atoms with Crippen LogP contribution in [0.2, 0.25) is 0 Å². The highest BCUT2D eigenvalue weighted by atomic mass is 32.2. The van der Waals surface area contributed by atoms with Crippen molar-refractivity contribution in [3.8, 4) is 0 Å². The average Bonchev–Trinajstić information content (AvgIpc) is 2.86. The molecule has 2 heterocycles. The third kappa shape index (κ3) is 2.83. The van der Waals surface area contributed by atoms with Crippen LogP contribution < -0.4 is 11.3 Å². The lowest BCUT2D eigenvalue weighted by atomic mass is 10.4. The number of nitrogens with zero attached hydrogens (tertiary/aromatic N) is 3. The number of nitrogens with one attached hydrogen (secondary N) is 1. The van der Waals surface area contributed by atoms with Crippen molar-refractivity contribution >= 4 is 38.0 Å². The fraction of sp³-hybridized carbons (Fsp3) is 0.444. The molecule has 0 saturated carbocycles. The highest BCUT2D eigenvalue weighted by Crippen LogP contribution is 2.37. The first kappa shape index (κ1) is 15.6. The molecule has 2 rings (SSSR count). The molecule has 116 valence electrons. The summed E-state index contributed by atoms with van der Waals surface area (Å²) in [5, 5.41) is 10.8. The topological polar surface area (TPSA) is 139 Å². The van der Waals surface area contributed by atoms with Gasteiger partial charge in [0.15, 0.2) is 5.00 Å². The zero-order valence-corrected chi connectivity index (χ0v) is 12.6. The maximum absolute atomic E-state index is 12.4. The largest absolute Gasteiger partial charge is 0.343 e. The molecule has 0 aromatic carbocycles. The SMILES string of the molecule is CN1CCN(S(=O)(=O)c2cc([N+](=O)[O-])c(NN)s2)CC1=O. The Balaban J connectivity index is 2.36. The van der Waals surface area contributed by atoms with E-state index in [1.807, 2.05) is 0 Å². The number of nitrogens with two attached hydrogens (primary N) is 1. The number of hydrazine groups is 1. The van der Waals surface area contributed by atoms with Gasteiger partial charge in [-0.25, -0.2) is 14.3 Å². The van der Waals surface area contributed by atoms with Crippen molar-refractivity contribution in [1.29, 1.82) is 0 Å². The standard InChI is InChI=1S/C9H13N5O5S2/c1-12-2-3-13(5-7(12)15)21(18,19)8-4-6(14(16)17)9(11-10)20-8/h4,11H,2-3,5,10H2,1H3. The molecule has 10 nitrogen and oxygen atoms in total. The van der Waals surface area contributed by atoms with Gasteiger partial charge in [0.2, 0.25) is 5.91 Å². The molecule has 1 aromatic rings. The number of nitro groups is 1. The Morgan fingerprint density at radius 2 is 2.14 bits per heavy atom. The third-order valence-electron chi connectivity index (χ3n) is 3.03. The number of rotatable bonds is 4. The Kier molecular flexibility index (Phi) is 4.13. The van der Waals surface area contributed by atoms with Crippen LogP contribution >= 0.6 is 11.3 Å². The van der Waals surface area contributed by atoms with Gasteiger partial charge in [0.1, 0.15) is 4.21 Å². The lowest BCUT2D eigenvalue weighted by Gasteiger charge is -2.30. The van der Waals surface area contributed by atoms with E-state index in [2.05, 4.69) is 5.43 Å². The van der Waals surface area contributed by atoms with Crippen molar-refractivity contribution in [3.63, 3.8) is 0 Å². The smallest absolute Gasteiger partial charge is 0.306 e. The summed E-state index contributed by atoms with van der Waals surface area (Å²) in [5.41, 5.74) is 1.69. The maximum Gasteiger partial charge on any atom is 0.306 e. The van der Waals surface area contributed by atoms with Gasteiger partial charge in [-0.05, 0) is 0 Å². The van der Waals surface area contributed by atoms with Crippen LogP contribution in [0.25, 0.3) is 0 Å². The molecule has 0 aliphatic carbocycles. The summed E-state index contributed by atoms with van der Waals surface area (Å²) in [6, 6.07) is 0.942. The molecule has 0 spiro atoms. The number of hydrogen-bond acceptors (Lipinski definition) is 8. The van der Waals surface area contributed by atoms with Crippen molar-refractivity contribution < 1.29 is 18.1 Å². The molecule has 1 aromatic heterocycles. The van der Waals surface area contributed by atoms with Crippen molar-refractivity contribution in [1.82, 2.24) is 9.21 Å². The van der Waals surface area contributed by atoms with Crippen LogP contribution in [0.5, 0.6) is 0 Å². The van der Waals surface area contributed by atoms with Crippen molar-refractivity contribution in [2.45, 2.75) is 4.21 Å². The summed E-state index contributed by atoms with van der Waals surface area (Å²) in [7, 11) is -2.38. The quantitative estimate of drug-likeness (QED) is 0.425. The third-order valence-corrected chi connectivity index (χ3v) is 6.38. The van der Waals surface area contributed by atoms with E-state index in [1.165, 1.54) is 4.90 Å². The van der Waals surface area contributed by atoms with Crippen LogP contribution in [0.1, 0.15) is 0 Å². The summed E-state index contributed by atoms with van der Waals surface area (Å²) in [6.45, 7) is 0.130. The maximum atomic E-state index is 12.4. The minimum Gasteiger partial charge on any atom is -0.343 e. The van der Waals surface area contributed by atoms with Gasteiger partial charge in [-0.1, -0.05) is 11.3 Å². The van der Waals surface area contributed by atoms with E-state index in [9.17, 15) is 23.3 Å². The molecule has 21 heavy (non-hydrogen) atoms. The van der Waals surface area contributed by atoms with Gasteiger partial charge in [0, 0.05) is 26.2 Å². The Morgan fingerprint density at radius 3 is 2.62 bits per heavy atom. The first-order valence-corrected chi connectivity index (χ1v) is 8.02. The molecule has 1 saturated heterocycles. The van der Waals surface area contributed by atoms with E-state index in [-0.39, 0.29) is 34.8 Å². The first-order valence-electron chi connectivity index (χ1n) is 5.76. The molecule has 1 fully saturated rings. The molecule has 12 heteroatoms. The molecular weight excluding hydrogens is 322 g/mol. The van der Waals surface area contributed by atoms with Crippen LogP contribution in [0.4, 0.5) is 10.7 Å². The van der Waals surface area contributed by atoms with Crippen molar-refractivity contribution in [2.75, 3.05) is 32.1 Å². The molecule has 0 atom stereocenters. The molecular formula is C9H13N5O5S2. The summed E-state index contributed by atoms with van der Waals surface area (Å²) in [6.07, 6.45) is 0. The fourth-order valence-electron chi connectivity index (χ4n) is 1.79. The fourth-order valence-corrected chi connectivity index (χ4v) is 4.57. The number of carbonyl (C=O) groups is 1. The minimum absolute atomic E-state index is 0.0565. The van der Waals surface area contributed by atoms with E-state index in [0.717, 1.165) is 10.4 Å².